The first kappa shape index (κ1) is 30.0. The lowest BCUT2D eigenvalue weighted by Gasteiger charge is -2.33. The lowest BCUT2D eigenvalue weighted by Crippen LogP contribution is -2.40. The van der Waals surface area contributed by atoms with Gasteiger partial charge in [-0.15, -0.1) is 0 Å². The van der Waals surface area contributed by atoms with Crippen molar-refractivity contribution in [2.75, 3.05) is 18.4 Å². The number of aliphatic hydroxyl groups is 1. The molecule has 9 nitrogen and oxygen atoms in total. The fourth-order valence-corrected chi connectivity index (χ4v) is 5.24. The molecule has 1 aromatic carbocycles. The van der Waals surface area contributed by atoms with Crippen molar-refractivity contribution in [1.29, 1.82) is 0 Å². The highest BCUT2D eigenvalue weighted by Gasteiger charge is 2.25. The average molecular weight is 595 g/mol. The maximum Gasteiger partial charge on any atom is 0.413 e. The third kappa shape index (κ3) is 7.23. The van der Waals surface area contributed by atoms with Crippen molar-refractivity contribution < 1.29 is 23.8 Å². The van der Waals surface area contributed by atoms with Crippen molar-refractivity contribution in [3.8, 4) is 16.9 Å². The summed E-state index contributed by atoms with van der Waals surface area (Å²) in [6.07, 6.45) is 5.06. The predicted molar refractivity (Wildman–Crippen MR) is 152 cm³/mol. The maximum absolute atomic E-state index is 14.2. The Morgan fingerprint density at radius 2 is 1.88 bits per heavy atom. The molecule has 3 aromatic rings. The van der Waals surface area contributed by atoms with Gasteiger partial charge in [-0.3, -0.25) is 14.9 Å². The smallest absolute Gasteiger partial charge is 0.413 e. The van der Waals surface area contributed by atoms with Gasteiger partial charge >= 0.3 is 6.09 Å². The van der Waals surface area contributed by atoms with Crippen LogP contribution in [0.3, 0.4) is 0 Å². The molecule has 4 rings (SSSR count). The van der Waals surface area contributed by atoms with Crippen molar-refractivity contribution in [3.05, 3.63) is 58.2 Å². The fourth-order valence-electron chi connectivity index (χ4n) is 4.56. The molecule has 12 heteroatoms. The van der Waals surface area contributed by atoms with Crippen LogP contribution in [-0.4, -0.2) is 55.8 Å². The summed E-state index contributed by atoms with van der Waals surface area (Å²) in [6, 6.07) is 4.52. The number of aliphatic hydroxyl groups excluding tert-OH is 1. The summed E-state index contributed by atoms with van der Waals surface area (Å²) in [4.78, 5) is 19.0. The number of piperidine rings is 1. The van der Waals surface area contributed by atoms with Gasteiger partial charge < -0.3 is 14.6 Å². The Morgan fingerprint density at radius 1 is 1.18 bits per heavy atom. The van der Waals surface area contributed by atoms with Gasteiger partial charge in [0.1, 0.15) is 23.8 Å². The van der Waals surface area contributed by atoms with E-state index < -0.39 is 29.8 Å². The average Bonchev–Trinajstić information content (AvgIpc) is 3.37. The molecule has 2 N–H and O–H groups in total. The first-order valence-corrected chi connectivity index (χ1v) is 13.8. The predicted octanol–water partition coefficient (Wildman–Crippen LogP) is 6.85. The zero-order chi connectivity index (χ0) is 29.2. The second-order valence-corrected chi connectivity index (χ2v) is 11.6. The summed E-state index contributed by atoms with van der Waals surface area (Å²) < 4.78 is 27.7. The van der Waals surface area contributed by atoms with Gasteiger partial charge in [0.2, 0.25) is 0 Å². The molecule has 1 fully saturated rings. The molecule has 2 aromatic heterocycles. The Balaban J connectivity index is 1.62. The van der Waals surface area contributed by atoms with Crippen molar-refractivity contribution in [2.24, 2.45) is 0 Å². The second-order valence-electron chi connectivity index (χ2n) is 10.8. The molecular formula is C28H34Cl2FN5O4. The number of nitrogens with zero attached hydrogens (tertiary/aromatic N) is 4. The number of halogens is 3. The highest BCUT2D eigenvalue weighted by atomic mass is 35.5. The lowest BCUT2D eigenvalue weighted by atomic mass is 10.1. The van der Waals surface area contributed by atoms with Gasteiger partial charge in [0.25, 0.3) is 0 Å². The van der Waals surface area contributed by atoms with Gasteiger partial charge in [0.05, 0.1) is 17.3 Å². The number of pyridine rings is 1. The molecule has 3 heterocycles. The van der Waals surface area contributed by atoms with E-state index in [4.69, 9.17) is 32.7 Å². The van der Waals surface area contributed by atoms with Crippen LogP contribution in [0.5, 0.6) is 5.75 Å². The molecule has 1 amide bonds. The minimum atomic E-state index is -0.784. The van der Waals surface area contributed by atoms with Crippen LogP contribution in [-0.2, 0) is 4.74 Å². The number of carbonyl (C=O) groups is 1. The highest BCUT2D eigenvalue weighted by Crippen LogP contribution is 2.38. The minimum absolute atomic E-state index is 0.117. The summed E-state index contributed by atoms with van der Waals surface area (Å²) in [6.45, 7) is 10.3. The Morgan fingerprint density at radius 3 is 2.52 bits per heavy atom. The van der Waals surface area contributed by atoms with Gasteiger partial charge in [-0.25, -0.2) is 14.2 Å². The van der Waals surface area contributed by atoms with E-state index in [1.807, 2.05) is 15.8 Å². The molecule has 1 unspecified atom stereocenters. The molecule has 0 spiro atoms. The number of likely N-dealkylation sites (tertiary alicyclic amines) is 1. The lowest BCUT2D eigenvalue weighted by molar-refractivity contribution is -0.00286. The van der Waals surface area contributed by atoms with E-state index in [1.54, 1.807) is 53.1 Å². The van der Waals surface area contributed by atoms with Gasteiger partial charge in [-0.2, -0.15) is 5.10 Å². The topological polar surface area (TPSA) is 102 Å². The van der Waals surface area contributed by atoms with Crippen LogP contribution in [0, 0.1) is 5.82 Å². The monoisotopic (exact) mass is 593 g/mol. The van der Waals surface area contributed by atoms with Crippen LogP contribution in [0.1, 0.15) is 65.2 Å². The van der Waals surface area contributed by atoms with E-state index >= 15 is 0 Å². The number of amides is 1. The summed E-state index contributed by atoms with van der Waals surface area (Å²) in [5.74, 6) is -0.293. The largest absolute Gasteiger partial charge is 0.482 e. The third-order valence-corrected chi connectivity index (χ3v) is 7.31. The van der Waals surface area contributed by atoms with Crippen LogP contribution in [0.4, 0.5) is 15.0 Å². The first-order valence-electron chi connectivity index (χ1n) is 13.1. The van der Waals surface area contributed by atoms with Crippen molar-refractivity contribution in [1.82, 2.24) is 19.7 Å². The molecule has 1 aliphatic rings. The number of benzene rings is 1. The van der Waals surface area contributed by atoms with Gasteiger partial charge in [0, 0.05) is 47.2 Å². The van der Waals surface area contributed by atoms with E-state index in [0.717, 1.165) is 31.5 Å². The Hall–Kier alpha value is -2.92. The summed E-state index contributed by atoms with van der Waals surface area (Å²) >= 11 is 12.5. The Bertz CT molecular complexity index is 1350. The molecular weight excluding hydrogens is 560 g/mol. The van der Waals surface area contributed by atoms with Crippen LogP contribution in [0.15, 0.2) is 36.8 Å². The number of hydrogen-bond acceptors (Lipinski definition) is 7. The number of carbonyl (C=O) groups excluding carboxylic acids is 1. The standard InChI is InChI=1S/C28H34Cl2FN5O4/c1-16(24-21(29)6-7-22(31)25(24)30)39-23-12-18(13-32-26(23)34-27(38)40-28(3,4)5)19-14-33-36(15-19)20-8-10-35(11-9-20)17(2)37/h6-7,12-17,20,37H,8-11H2,1-5H3,(H,32,34,38)/t16-,17?/m1/s1. The van der Waals surface area contributed by atoms with Crippen molar-refractivity contribution >= 4 is 35.1 Å². The molecule has 216 valence electrons. The SMILES string of the molecule is CC(O)N1CCC(n2cc(-c3cnc(NC(=O)OC(C)(C)C)c(O[C@H](C)c4c(Cl)ccc(F)c4Cl)c3)cn2)CC1. The van der Waals surface area contributed by atoms with E-state index in [2.05, 4.69) is 15.4 Å². The van der Waals surface area contributed by atoms with Crippen molar-refractivity contribution in [3.63, 3.8) is 0 Å². The number of ether oxygens (including phenoxy) is 2. The zero-order valence-electron chi connectivity index (χ0n) is 23.1. The summed E-state index contributed by atoms with van der Waals surface area (Å²) in [5, 5.41) is 17.1. The third-order valence-electron chi connectivity index (χ3n) is 6.60. The molecule has 1 aliphatic heterocycles. The number of aromatic nitrogens is 3. The second kappa shape index (κ2) is 12.3. The van der Waals surface area contributed by atoms with Crippen LogP contribution >= 0.6 is 23.2 Å². The molecule has 0 saturated carbocycles. The van der Waals surface area contributed by atoms with Gasteiger partial charge in [0.15, 0.2) is 11.6 Å². The van der Waals surface area contributed by atoms with Crippen LogP contribution < -0.4 is 10.1 Å². The fraction of sp³-hybridized carbons (Fsp3) is 0.464. The molecule has 2 atom stereocenters. The summed E-state index contributed by atoms with van der Waals surface area (Å²) in [7, 11) is 0. The Labute approximate surface area is 243 Å². The maximum atomic E-state index is 14.2. The van der Waals surface area contributed by atoms with Crippen molar-refractivity contribution in [2.45, 2.75) is 71.4 Å². The van der Waals surface area contributed by atoms with E-state index in [9.17, 15) is 14.3 Å². The van der Waals surface area contributed by atoms with Gasteiger partial charge in [-0.05, 0) is 65.7 Å². The van der Waals surface area contributed by atoms with Crippen LogP contribution in [0.25, 0.3) is 11.1 Å². The first-order chi connectivity index (χ1) is 18.8. The number of anilines is 1. The highest BCUT2D eigenvalue weighted by molar-refractivity contribution is 6.36. The van der Waals surface area contributed by atoms with Crippen LogP contribution in [0.2, 0.25) is 10.0 Å². The van der Waals surface area contributed by atoms with Gasteiger partial charge in [-0.1, -0.05) is 23.2 Å². The molecule has 0 bridgehead atoms. The zero-order valence-corrected chi connectivity index (χ0v) is 24.6. The number of nitrogens with one attached hydrogen (secondary N) is 1. The quantitative estimate of drug-likeness (QED) is 0.289. The molecule has 0 aliphatic carbocycles. The number of rotatable bonds is 7. The number of hydrogen-bond donors (Lipinski definition) is 2. The van der Waals surface area contributed by atoms with E-state index in [0.29, 0.717) is 5.56 Å². The van der Waals surface area contributed by atoms with E-state index in [-0.39, 0.29) is 33.2 Å². The summed E-state index contributed by atoms with van der Waals surface area (Å²) in [5.41, 5.74) is 1.05. The Kier molecular flexibility index (Phi) is 9.24. The normalized spacial score (nSPS) is 16.4. The molecule has 0 radical (unpaired) electrons. The van der Waals surface area contributed by atoms with E-state index in [1.165, 1.54) is 12.1 Å². The molecule has 40 heavy (non-hydrogen) atoms. The minimum Gasteiger partial charge on any atom is -0.482 e. The molecule has 1 saturated heterocycles.